The van der Waals surface area contributed by atoms with Crippen molar-refractivity contribution in [3.63, 3.8) is 0 Å². The van der Waals surface area contributed by atoms with E-state index < -0.39 is 0 Å². The Kier molecular flexibility index (Phi) is 3.19. The van der Waals surface area contributed by atoms with Gasteiger partial charge in [0, 0.05) is 6.54 Å². The molecule has 0 aromatic heterocycles. The molecule has 0 amide bonds. The standard InChI is InChI=1S/C9H15NO2.ClH/c1-12-8(11)7-5-9(7)3-2-4-10-6-9;/h7,10H,2-6H2,1H3;1H. The lowest BCUT2D eigenvalue weighted by Crippen LogP contribution is -2.33. The predicted molar refractivity (Wildman–Crippen MR) is 51.9 cm³/mol. The number of methoxy groups -OCH3 is 1. The second kappa shape index (κ2) is 3.84. The van der Waals surface area contributed by atoms with Crippen LogP contribution in [0.1, 0.15) is 19.3 Å². The average Bonchev–Trinajstić information content (AvgIpc) is 2.80. The van der Waals surface area contributed by atoms with Crippen LogP contribution >= 0.6 is 12.4 Å². The van der Waals surface area contributed by atoms with Gasteiger partial charge in [-0.3, -0.25) is 4.79 Å². The van der Waals surface area contributed by atoms with Gasteiger partial charge in [0.2, 0.25) is 0 Å². The maximum absolute atomic E-state index is 11.2. The third-order valence-corrected chi connectivity index (χ3v) is 3.18. The van der Waals surface area contributed by atoms with Gasteiger partial charge >= 0.3 is 5.97 Å². The van der Waals surface area contributed by atoms with E-state index >= 15 is 0 Å². The zero-order chi connectivity index (χ0) is 8.60. The molecule has 2 atom stereocenters. The highest BCUT2D eigenvalue weighted by molar-refractivity contribution is 5.85. The summed E-state index contributed by atoms with van der Waals surface area (Å²) >= 11 is 0. The lowest BCUT2D eigenvalue weighted by Gasteiger charge is -2.22. The van der Waals surface area contributed by atoms with Gasteiger partial charge in [-0.2, -0.15) is 0 Å². The largest absolute Gasteiger partial charge is 0.469 e. The molecule has 13 heavy (non-hydrogen) atoms. The molecule has 76 valence electrons. The van der Waals surface area contributed by atoms with E-state index in [2.05, 4.69) is 5.32 Å². The minimum absolute atomic E-state index is 0. The molecule has 2 rings (SSSR count). The molecule has 0 aromatic rings. The van der Waals surface area contributed by atoms with Gasteiger partial charge in [0.1, 0.15) is 0 Å². The first-order chi connectivity index (χ1) is 5.78. The van der Waals surface area contributed by atoms with Crippen LogP contribution in [0.25, 0.3) is 0 Å². The summed E-state index contributed by atoms with van der Waals surface area (Å²) in [5.74, 6) is 0.175. The Bertz CT molecular complexity index is 202. The van der Waals surface area contributed by atoms with Crippen LogP contribution in [0.5, 0.6) is 0 Å². The van der Waals surface area contributed by atoms with Gasteiger partial charge < -0.3 is 10.1 Å². The summed E-state index contributed by atoms with van der Waals surface area (Å²) in [4.78, 5) is 11.2. The fourth-order valence-electron chi connectivity index (χ4n) is 2.29. The van der Waals surface area contributed by atoms with Gasteiger partial charge in [-0.15, -0.1) is 12.4 Å². The Morgan fingerprint density at radius 3 is 2.92 bits per heavy atom. The predicted octanol–water partition coefficient (Wildman–Crippen LogP) is 0.971. The van der Waals surface area contributed by atoms with E-state index in [4.69, 9.17) is 4.74 Å². The molecule has 4 heteroatoms. The fourth-order valence-corrected chi connectivity index (χ4v) is 2.29. The van der Waals surface area contributed by atoms with Crippen molar-refractivity contribution >= 4 is 18.4 Å². The van der Waals surface area contributed by atoms with Crippen LogP contribution in [0.3, 0.4) is 0 Å². The van der Waals surface area contributed by atoms with Crippen molar-refractivity contribution in [1.82, 2.24) is 5.32 Å². The van der Waals surface area contributed by atoms with Crippen molar-refractivity contribution in [2.45, 2.75) is 19.3 Å². The Labute approximate surface area is 84.6 Å². The van der Waals surface area contributed by atoms with Gasteiger partial charge in [-0.05, 0) is 31.2 Å². The summed E-state index contributed by atoms with van der Waals surface area (Å²) in [6.45, 7) is 2.11. The van der Waals surface area contributed by atoms with Crippen molar-refractivity contribution in [3.05, 3.63) is 0 Å². The number of ether oxygens (including phenoxy) is 1. The molecule has 2 unspecified atom stereocenters. The lowest BCUT2D eigenvalue weighted by atomic mass is 9.94. The van der Waals surface area contributed by atoms with Crippen LogP contribution in [-0.4, -0.2) is 26.2 Å². The second-order valence-corrected chi connectivity index (χ2v) is 3.92. The first-order valence-corrected chi connectivity index (χ1v) is 4.57. The molecule has 1 heterocycles. The normalized spacial score (nSPS) is 36.5. The molecule has 3 nitrogen and oxygen atoms in total. The Hall–Kier alpha value is -0.280. The molecule has 0 bridgehead atoms. The summed E-state index contributed by atoms with van der Waals surface area (Å²) in [5, 5.41) is 3.34. The van der Waals surface area contributed by atoms with Gasteiger partial charge in [-0.25, -0.2) is 0 Å². The summed E-state index contributed by atoms with van der Waals surface area (Å²) in [7, 11) is 1.48. The molecular weight excluding hydrogens is 190 g/mol. The number of hydrogen-bond donors (Lipinski definition) is 1. The number of esters is 1. The SMILES string of the molecule is COC(=O)C1CC12CCCNC2.Cl. The van der Waals surface area contributed by atoms with Crippen molar-refractivity contribution in [1.29, 1.82) is 0 Å². The van der Waals surface area contributed by atoms with Gasteiger partial charge in [0.05, 0.1) is 13.0 Å². The molecule has 1 saturated heterocycles. The number of halogens is 1. The van der Waals surface area contributed by atoms with E-state index in [0.29, 0.717) is 0 Å². The number of hydrogen-bond acceptors (Lipinski definition) is 3. The fraction of sp³-hybridized carbons (Fsp3) is 0.889. The van der Waals surface area contributed by atoms with E-state index in [1.807, 2.05) is 0 Å². The summed E-state index contributed by atoms with van der Waals surface area (Å²) in [5.41, 5.74) is 0.283. The van der Waals surface area contributed by atoms with Crippen LogP contribution in [0.2, 0.25) is 0 Å². The quantitative estimate of drug-likeness (QED) is 0.649. The zero-order valence-electron chi connectivity index (χ0n) is 7.84. The van der Waals surface area contributed by atoms with E-state index in [0.717, 1.165) is 19.5 Å². The van der Waals surface area contributed by atoms with Crippen molar-refractivity contribution in [3.8, 4) is 0 Å². The first-order valence-electron chi connectivity index (χ1n) is 4.57. The summed E-state index contributed by atoms with van der Waals surface area (Å²) in [6, 6.07) is 0. The molecular formula is C9H16ClNO2. The van der Waals surface area contributed by atoms with Crippen LogP contribution in [0.15, 0.2) is 0 Å². The Morgan fingerprint density at radius 1 is 1.62 bits per heavy atom. The van der Waals surface area contributed by atoms with Crippen molar-refractivity contribution in [2.75, 3.05) is 20.2 Å². The monoisotopic (exact) mass is 205 g/mol. The van der Waals surface area contributed by atoms with Crippen molar-refractivity contribution in [2.24, 2.45) is 11.3 Å². The maximum atomic E-state index is 11.2. The number of carbonyl (C=O) groups excluding carboxylic acids is 1. The first kappa shape index (κ1) is 10.8. The topological polar surface area (TPSA) is 38.3 Å². The zero-order valence-corrected chi connectivity index (χ0v) is 8.65. The maximum Gasteiger partial charge on any atom is 0.309 e. The molecule has 1 saturated carbocycles. The van der Waals surface area contributed by atoms with Gasteiger partial charge in [0.15, 0.2) is 0 Å². The number of piperidine rings is 1. The van der Waals surface area contributed by atoms with Crippen molar-refractivity contribution < 1.29 is 9.53 Å². The third kappa shape index (κ3) is 1.81. The smallest absolute Gasteiger partial charge is 0.309 e. The van der Waals surface area contributed by atoms with Crippen LogP contribution in [0, 0.1) is 11.3 Å². The molecule has 1 aliphatic heterocycles. The second-order valence-electron chi connectivity index (χ2n) is 3.92. The Morgan fingerprint density at radius 2 is 2.38 bits per heavy atom. The van der Waals surface area contributed by atoms with Crippen LogP contribution < -0.4 is 5.32 Å². The van der Waals surface area contributed by atoms with Gasteiger partial charge in [-0.1, -0.05) is 0 Å². The molecule has 2 aliphatic rings. The third-order valence-electron chi connectivity index (χ3n) is 3.18. The highest BCUT2D eigenvalue weighted by atomic mass is 35.5. The minimum Gasteiger partial charge on any atom is -0.469 e. The number of rotatable bonds is 1. The van der Waals surface area contributed by atoms with Crippen LogP contribution in [0.4, 0.5) is 0 Å². The number of carbonyl (C=O) groups is 1. The minimum atomic E-state index is -0.0151. The van der Waals surface area contributed by atoms with Gasteiger partial charge in [0.25, 0.3) is 0 Å². The highest BCUT2D eigenvalue weighted by Crippen LogP contribution is 2.56. The van der Waals surface area contributed by atoms with Crippen LogP contribution in [-0.2, 0) is 9.53 Å². The van der Waals surface area contributed by atoms with E-state index in [1.54, 1.807) is 0 Å². The Balaban J connectivity index is 0.000000845. The average molecular weight is 206 g/mol. The molecule has 0 radical (unpaired) electrons. The lowest BCUT2D eigenvalue weighted by molar-refractivity contribution is -0.143. The molecule has 1 N–H and O–H groups in total. The van der Waals surface area contributed by atoms with E-state index in [-0.39, 0.29) is 29.7 Å². The highest BCUT2D eigenvalue weighted by Gasteiger charge is 2.58. The number of nitrogens with one attached hydrogen (secondary N) is 1. The summed E-state index contributed by atoms with van der Waals surface area (Å²) in [6.07, 6.45) is 3.43. The molecule has 1 spiro atoms. The molecule has 1 aliphatic carbocycles. The molecule has 2 fully saturated rings. The molecule has 0 aromatic carbocycles. The van der Waals surface area contributed by atoms with E-state index in [9.17, 15) is 4.79 Å². The summed E-state index contributed by atoms with van der Waals surface area (Å²) < 4.78 is 4.73. The van der Waals surface area contributed by atoms with E-state index in [1.165, 1.54) is 20.0 Å².